The molecule has 0 rings (SSSR count). The van der Waals surface area contributed by atoms with Crippen LogP contribution < -0.4 is 22.9 Å². The Hall–Kier alpha value is -0.160. The Balaban J connectivity index is 4.23. The molecule has 1 atom stereocenters. The summed E-state index contributed by atoms with van der Waals surface area (Å²) in [5, 5.41) is 0. The van der Waals surface area contributed by atoms with E-state index in [0.717, 1.165) is 0 Å². The summed E-state index contributed by atoms with van der Waals surface area (Å²) in [5.74, 6) is -1.28. The van der Waals surface area contributed by atoms with Crippen molar-refractivity contribution in [1.29, 1.82) is 0 Å². The third kappa shape index (κ3) is 2.62. The lowest BCUT2D eigenvalue weighted by atomic mass is 9.84. The molecule has 8 N–H and O–H groups in total. The largest absolute Gasteiger partial charge is 0.323 e. The average molecular weight is 146 g/mol. The zero-order chi connectivity index (χ0) is 8.58. The average Bonchev–Trinajstić information content (AvgIpc) is 1.59. The molecule has 4 nitrogen and oxygen atoms in total. The molecule has 0 heterocycles. The Kier molecular flexibility index (Phi) is 2.43. The normalized spacial score (nSPS) is 17.1. The minimum atomic E-state index is -1.28. The highest BCUT2D eigenvalue weighted by Crippen LogP contribution is 2.19. The SMILES string of the molecule is CC(C)(C)C(N)C(N)(N)N. The highest BCUT2D eigenvalue weighted by atomic mass is 15.2. The maximum atomic E-state index is 5.65. The molecule has 0 aromatic carbocycles. The molecule has 0 aliphatic heterocycles. The molecule has 0 aliphatic carbocycles. The second-order valence-electron chi connectivity index (χ2n) is 3.84. The molecule has 4 heteroatoms. The van der Waals surface area contributed by atoms with E-state index in [1.807, 2.05) is 20.8 Å². The van der Waals surface area contributed by atoms with Gasteiger partial charge in [0.1, 0.15) is 5.79 Å². The van der Waals surface area contributed by atoms with Gasteiger partial charge in [0.05, 0.1) is 6.04 Å². The van der Waals surface area contributed by atoms with Crippen LogP contribution in [0.4, 0.5) is 0 Å². The molecule has 0 aromatic rings. The van der Waals surface area contributed by atoms with E-state index in [9.17, 15) is 0 Å². The van der Waals surface area contributed by atoms with Crippen LogP contribution in [0.1, 0.15) is 20.8 Å². The molecule has 62 valence electrons. The monoisotopic (exact) mass is 146 g/mol. The van der Waals surface area contributed by atoms with Gasteiger partial charge in [-0.15, -0.1) is 0 Å². The number of hydrogen-bond donors (Lipinski definition) is 4. The summed E-state index contributed by atoms with van der Waals surface area (Å²) in [6, 6.07) is -0.403. The van der Waals surface area contributed by atoms with Crippen LogP contribution in [-0.4, -0.2) is 11.8 Å². The van der Waals surface area contributed by atoms with Crippen LogP contribution in [-0.2, 0) is 0 Å². The lowest BCUT2D eigenvalue weighted by Crippen LogP contribution is -2.72. The summed E-state index contributed by atoms with van der Waals surface area (Å²) < 4.78 is 0. The minimum Gasteiger partial charge on any atom is -0.323 e. The van der Waals surface area contributed by atoms with Crippen molar-refractivity contribution >= 4 is 0 Å². The van der Waals surface area contributed by atoms with Crippen LogP contribution in [0.3, 0.4) is 0 Å². The van der Waals surface area contributed by atoms with Crippen molar-refractivity contribution in [3.63, 3.8) is 0 Å². The van der Waals surface area contributed by atoms with Crippen molar-refractivity contribution in [2.75, 3.05) is 0 Å². The van der Waals surface area contributed by atoms with Crippen LogP contribution in [0.25, 0.3) is 0 Å². The Bertz CT molecular complexity index is 93.9. The summed E-state index contributed by atoms with van der Waals surface area (Å²) in [5.41, 5.74) is 21.7. The van der Waals surface area contributed by atoms with Gasteiger partial charge in [-0.05, 0) is 5.41 Å². The first-order valence-corrected chi connectivity index (χ1v) is 3.28. The summed E-state index contributed by atoms with van der Waals surface area (Å²) in [4.78, 5) is 0. The van der Waals surface area contributed by atoms with Crippen LogP contribution in [0.15, 0.2) is 0 Å². The van der Waals surface area contributed by atoms with E-state index in [2.05, 4.69) is 0 Å². The van der Waals surface area contributed by atoms with Crippen LogP contribution >= 0.6 is 0 Å². The van der Waals surface area contributed by atoms with Gasteiger partial charge in [0.15, 0.2) is 0 Å². The summed E-state index contributed by atoms with van der Waals surface area (Å²) in [6.07, 6.45) is 0. The highest BCUT2D eigenvalue weighted by Gasteiger charge is 2.32. The van der Waals surface area contributed by atoms with Gasteiger partial charge in [0.25, 0.3) is 0 Å². The first-order valence-electron chi connectivity index (χ1n) is 3.28. The lowest BCUT2D eigenvalue weighted by molar-refractivity contribution is 0.211. The zero-order valence-electron chi connectivity index (χ0n) is 6.89. The standard InChI is InChI=1S/C6H18N4/c1-5(2,3)4(7)6(8,9)10/h4H,7-10H2,1-3H3. The van der Waals surface area contributed by atoms with E-state index in [0.29, 0.717) is 0 Å². The summed E-state index contributed by atoms with van der Waals surface area (Å²) in [7, 11) is 0. The van der Waals surface area contributed by atoms with Crippen molar-refractivity contribution in [1.82, 2.24) is 0 Å². The third-order valence-electron chi connectivity index (χ3n) is 1.47. The van der Waals surface area contributed by atoms with Gasteiger partial charge < -0.3 is 5.73 Å². The molecule has 0 saturated heterocycles. The molecular weight excluding hydrogens is 128 g/mol. The minimum absolute atomic E-state index is 0.155. The van der Waals surface area contributed by atoms with Gasteiger partial charge in [0, 0.05) is 0 Å². The van der Waals surface area contributed by atoms with Gasteiger partial charge in [-0.1, -0.05) is 20.8 Å². The van der Waals surface area contributed by atoms with Gasteiger partial charge in [-0.25, -0.2) is 0 Å². The molecule has 0 aliphatic rings. The molecule has 10 heavy (non-hydrogen) atoms. The van der Waals surface area contributed by atoms with E-state index in [1.165, 1.54) is 0 Å². The van der Waals surface area contributed by atoms with Crippen molar-refractivity contribution in [2.24, 2.45) is 28.3 Å². The predicted octanol–water partition coefficient (Wildman–Crippen LogP) is -1.11. The molecule has 0 amide bonds. The summed E-state index contributed by atoms with van der Waals surface area (Å²) >= 11 is 0. The molecule has 0 spiro atoms. The Labute approximate surface area is 61.9 Å². The molecule has 0 fully saturated rings. The van der Waals surface area contributed by atoms with Crippen molar-refractivity contribution < 1.29 is 0 Å². The predicted molar refractivity (Wildman–Crippen MR) is 42.7 cm³/mol. The Morgan fingerprint density at radius 3 is 1.30 bits per heavy atom. The fraction of sp³-hybridized carbons (Fsp3) is 1.00. The first-order chi connectivity index (χ1) is 4.15. The second kappa shape index (κ2) is 2.47. The fourth-order valence-electron chi connectivity index (χ4n) is 0.750. The van der Waals surface area contributed by atoms with E-state index < -0.39 is 11.8 Å². The molecular formula is C6H18N4. The Morgan fingerprint density at radius 1 is 1.00 bits per heavy atom. The van der Waals surface area contributed by atoms with Crippen molar-refractivity contribution in [3.05, 3.63) is 0 Å². The maximum absolute atomic E-state index is 5.65. The lowest BCUT2D eigenvalue weighted by Gasteiger charge is -2.36. The molecule has 1 unspecified atom stereocenters. The summed E-state index contributed by atoms with van der Waals surface area (Å²) in [6.45, 7) is 5.83. The third-order valence-corrected chi connectivity index (χ3v) is 1.47. The topological polar surface area (TPSA) is 104 Å². The number of nitrogens with two attached hydrogens (primary N) is 4. The van der Waals surface area contributed by atoms with E-state index in [4.69, 9.17) is 22.9 Å². The molecule has 0 saturated carbocycles. The van der Waals surface area contributed by atoms with Crippen LogP contribution in [0.5, 0.6) is 0 Å². The maximum Gasteiger partial charge on any atom is 0.132 e. The van der Waals surface area contributed by atoms with Gasteiger partial charge in [-0.2, -0.15) is 0 Å². The molecule has 0 bridgehead atoms. The van der Waals surface area contributed by atoms with E-state index in [1.54, 1.807) is 0 Å². The number of hydrogen-bond acceptors (Lipinski definition) is 4. The number of rotatable bonds is 1. The van der Waals surface area contributed by atoms with Crippen molar-refractivity contribution in [2.45, 2.75) is 32.6 Å². The van der Waals surface area contributed by atoms with Crippen LogP contribution in [0.2, 0.25) is 0 Å². The zero-order valence-corrected chi connectivity index (χ0v) is 6.89. The highest BCUT2D eigenvalue weighted by molar-refractivity contribution is 4.91. The Morgan fingerprint density at radius 2 is 1.30 bits per heavy atom. The fourth-order valence-corrected chi connectivity index (χ4v) is 0.750. The van der Waals surface area contributed by atoms with Gasteiger partial charge in [0.2, 0.25) is 0 Å². The van der Waals surface area contributed by atoms with E-state index >= 15 is 0 Å². The van der Waals surface area contributed by atoms with Gasteiger partial charge in [-0.3, -0.25) is 17.2 Å². The molecule has 0 aromatic heterocycles. The molecule has 0 radical (unpaired) electrons. The van der Waals surface area contributed by atoms with Crippen molar-refractivity contribution in [3.8, 4) is 0 Å². The quantitative estimate of drug-likeness (QED) is 0.352. The van der Waals surface area contributed by atoms with Gasteiger partial charge >= 0.3 is 0 Å². The van der Waals surface area contributed by atoms with Crippen LogP contribution in [0, 0.1) is 5.41 Å². The smallest absolute Gasteiger partial charge is 0.132 e. The second-order valence-corrected chi connectivity index (χ2v) is 3.84. The first kappa shape index (κ1) is 9.84. The van der Waals surface area contributed by atoms with E-state index in [-0.39, 0.29) is 5.41 Å².